The maximum atomic E-state index is 12.6. The van der Waals surface area contributed by atoms with Crippen LogP contribution in [0, 0.1) is 0 Å². The van der Waals surface area contributed by atoms with Crippen molar-refractivity contribution in [3.63, 3.8) is 0 Å². The van der Waals surface area contributed by atoms with Crippen LogP contribution in [0.3, 0.4) is 0 Å². The first-order chi connectivity index (χ1) is 10.3. The standard InChI is InChI=1S/C18H24N2O.ClH/c21-18(20-9-8-16-6-7-17(12-20)19-16)11-13-4-5-14-2-1-3-15(14)10-13;/h4-5,10,16-17,19H,1-3,6-9,11-12H2;1H. The van der Waals surface area contributed by atoms with Crippen molar-refractivity contribution < 1.29 is 4.79 Å². The molecule has 0 radical (unpaired) electrons. The van der Waals surface area contributed by atoms with E-state index in [1.165, 1.54) is 48.8 Å². The summed E-state index contributed by atoms with van der Waals surface area (Å²) in [6.45, 7) is 1.83. The van der Waals surface area contributed by atoms with E-state index in [0.29, 0.717) is 24.4 Å². The molecule has 2 unspecified atom stereocenters. The van der Waals surface area contributed by atoms with Gasteiger partial charge in [0.15, 0.2) is 0 Å². The summed E-state index contributed by atoms with van der Waals surface area (Å²) in [6, 6.07) is 7.83. The van der Waals surface area contributed by atoms with Crippen LogP contribution in [0.15, 0.2) is 18.2 Å². The van der Waals surface area contributed by atoms with Crippen molar-refractivity contribution in [1.82, 2.24) is 10.2 Å². The fraction of sp³-hybridized carbons (Fsp3) is 0.611. The molecular weight excluding hydrogens is 296 g/mol. The lowest BCUT2D eigenvalue weighted by Crippen LogP contribution is -2.39. The van der Waals surface area contributed by atoms with Gasteiger partial charge in [-0.3, -0.25) is 4.79 Å². The zero-order valence-corrected chi connectivity index (χ0v) is 13.8. The van der Waals surface area contributed by atoms with E-state index >= 15 is 0 Å². The van der Waals surface area contributed by atoms with Crippen molar-refractivity contribution in [2.75, 3.05) is 13.1 Å². The van der Waals surface area contributed by atoms with Gasteiger partial charge in [0.2, 0.25) is 5.91 Å². The molecule has 2 saturated heterocycles. The first-order valence-electron chi connectivity index (χ1n) is 8.42. The molecule has 0 saturated carbocycles. The number of carbonyl (C=O) groups is 1. The van der Waals surface area contributed by atoms with E-state index in [-0.39, 0.29) is 12.4 Å². The van der Waals surface area contributed by atoms with E-state index in [1.807, 2.05) is 0 Å². The average Bonchev–Trinajstić information content (AvgIpc) is 3.04. The van der Waals surface area contributed by atoms with Gasteiger partial charge >= 0.3 is 0 Å². The first-order valence-corrected chi connectivity index (χ1v) is 8.42. The van der Waals surface area contributed by atoms with E-state index in [1.54, 1.807) is 0 Å². The third kappa shape index (κ3) is 3.16. The predicted molar refractivity (Wildman–Crippen MR) is 90.6 cm³/mol. The van der Waals surface area contributed by atoms with Crippen LogP contribution in [0.2, 0.25) is 0 Å². The maximum Gasteiger partial charge on any atom is 0.227 e. The smallest absolute Gasteiger partial charge is 0.227 e. The second-order valence-electron chi connectivity index (χ2n) is 6.90. The molecule has 4 heteroatoms. The first kappa shape index (κ1) is 15.8. The van der Waals surface area contributed by atoms with Gasteiger partial charge in [-0.1, -0.05) is 18.2 Å². The van der Waals surface area contributed by atoms with E-state index < -0.39 is 0 Å². The number of halogens is 1. The van der Waals surface area contributed by atoms with Crippen LogP contribution >= 0.6 is 12.4 Å². The molecule has 2 fully saturated rings. The summed E-state index contributed by atoms with van der Waals surface area (Å²) in [5.41, 5.74) is 4.15. The quantitative estimate of drug-likeness (QED) is 0.908. The number of amides is 1. The lowest BCUT2D eigenvalue weighted by atomic mass is 10.0. The Labute approximate surface area is 138 Å². The Morgan fingerprint density at radius 1 is 1.14 bits per heavy atom. The van der Waals surface area contributed by atoms with Crippen molar-refractivity contribution in [2.45, 2.75) is 57.0 Å². The largest absolute Gasteiger partial charge is 0.341 e. The minimum absolute atomic E-state index is 0. The Hall–Kier alpha value is -1.06. The Kier molecular flexibility index (Phi) is 4.74. The molecule has 3 aliphatic rings. The molecule has 1 N–H and O–H groups in total. The van der Waals surface area contributed by atoms with Crippen molar-refractivity contribution >= 4 is 18.3 Å². The van der Waals surface area contributed by atoms with Crippen molar-refractivity contribution in [1.29, 1.82) is 0 Å². The predicted octanol–water partition coefficient (Wildman–Crippen LogP) is 2.49. The normalized spacial score (nSPS) is 26.3. The number of likely N-dealkylation sites (tertiary alicyclic amines) is 1. The summed E-state index contributed by atoms with van der Waals surface area (Å²) in [6.07, 6.45) is 7.88. The molecule has 2 aliphatic heterocycles. The zero-order chi connectivity index (χ0) is 14.2. The molecule has 1 amide bonds. The number of hydrogen-bond donors (Lipinski definition) is 1. The van der Waals surface area contributed by atoms with E-state index in [0.717, 1.165) is 19.5 Å². The van der Waals surface area contributed by atoms with Crippen molar-refractivity contribution in [3.8, 4) is 0 Å². The Balaban J connectivity index is 0.00000144. The fourth-order valence-corrected chi connectivity index (χ4v) is 4.19. The van der Waals surface area contributed by atoms with Gasteiger partial charge < -0.3 is 10.2 Å². The van der Waals surface area contributed by atoms with Gasteiger partial charge in [0.1, 0.15) is 0 Å². The van der Waals surface area contributed by atoms with E-state index in [4.69, 9.17) is 0 Å². The molecule has 2 bridgehead atoms. The Morgan fingerprint density at radius 2 is 1.95 bits per heavy atom. The molecule has 4 rings (SSSR count). The minimum Gasteiger partial charge on any atom is -0.341 e. The van der Waals surface area contributed by atoms with Gasteiger partial charge in [-0.05, 0) is 55.2 Å². The number of nitrogens with one attached hydrogen (secondary N) is 1. The highest BCUT2D eigenvalue weighted by atomic mass is 35.5. The lowest BCUT2D eigenvalue weighted by molar-refractivity contribution is -0.130. The van der Waals surface area contributed by atoms with E-state index in [2.05, 4.69) is 28.4 Å². The number of fused-ring (bicyclic) bond motifs is 3. The summed E-state index contributed by atoms with van der Waals surface area (Å²) in [5.74, 6) is 0.308. The maximum absolute atomic E-state index is 12.6. The minimum atomic E-state index is 0. The van der Waals surface area contributed by atoms with Crippen molar-refractivity contribution in [2.24, 2.45) is 0 Å². The second-order valence-corrected chi connectivity index (χ2v) is 6.90. The molecule has 1 aromatic carbocycles. The van der Waals surface area contributed by atoms with Crippen molar-refractivity contribution in [3.05, 3.63) is 34.9 Å². The molecule has 1 aliphatic carbocycles. The molecule has 2 atom stereocenters. The number of hydrogen-bond acceptors (Lipinski definition) is 2. The topological polar surface area (TPSA) is 32.3 Å². The van der Waals surface area contributed by atoms with Gasteiger partial charge in [-0.15, -0.1) is 12.4 Å². The number of nitrogens with zero attached hydrogens (tertiary/aromatic N) is 1. The van der Waals surface area contributed by atoms with Crippen LogP contribution < -0.4 is 5.32 Å². The third-order valence-corrected chi connectivity index (χ3v) is 5.39. The molecule has 120 valence electrons. The Bertz CT molecular complexity index is 560. The number of rotatable bonds is 2. The van der Waals surface area contributed by atoms with E-state index in [9.17, 15) is 4.79 Å². The molecule has 1 aromatic rings. The van der Waals surface area contributed by atoms with Crippen LogP contribution in [0.4, 0.5) is 0 Å². The van der Waals surface area contributed by atoms with Crippen LogP contribution in [-0.4, -0.2) is 36.0 Å². The van der Waals surface area contributed by atoms with Gasteiger partial charge in [0.25, 0.3) is 0 Å². The van der Waals surface area contributed by atoms with Crippen LogP contribution in [0.1, 0.15) is 42.4 Å². The van der Waals surface area contributed by atoms with Gasteiger partial charge in [0, 0.05) is 25.2 Å². The fourth-order valence-electron chi connectivity index (χ4n) is 4.19. The summed E-state index contributed by atoms with van der Waals surface area (Å²) < 4.78 is 0. The summed E-state index contributed by atoms with van der Waals surface area (Å²) in [5, 5.41) is 3.64. The summed E-state index contributed by atoms with van der Waals surface area (Å²) in [7, 11) is 0. The highest BCUT2D eigenvalue weighted by Gasteiger charge is 2.31. The number of benzene rings is 1. The molecule has 0 aromatic heterocycles. The lowest BCUT2D eigenvalue weighted by Gasteiger charge is -2.24. The average molecular weight is 321 g/mol. The van der Waals surface area contributed by atoms with Crippen LogP contribution in [0.5, 0.6) is 0 Å². The highest BCUT2D eigenvalue weighted by molar-refractivity contribution is 5.85. The SMILES string of the molecule is Cl.O=C(Cc1ccc2c(c1)CCC2)N1CCC2CCC(C1)N2. The molecule has 2 heterocycles. The molecule has 22 heavy (non-hydrogen) atoms. The second kappa shape index (κ2) is 6.59. The third-order valence-electron chi connectivity index (χ3n) is 5.39. The van der Waals surface area contributed by atoms with Gasteiger partial charge in [-0.2, -0.15) is 0 Å². The molecule has 3 nitrogen and oxygen atoms in total. The Morgan fingerprint density at radius 3 is 2.86 bits per heavy atom. The number of aryl methyl sites for hydroxylation is 2. The van der Waals surface area contributed by atoms with Crippen LogP contribution in [0.25, 0.3) is 0 Å². The van der Waals surface area contributed by atoms with Gasteiger partial charge in [-0.25, -0.2) is 0 Å². The molecule has 0 spiro atoms. The summed E-state index contributed by atoms with van der Waals surface area (Å²) >= 11 is 0. The summed E-state index contributed by atoms with van der Waals surface area (Å²) in [4.78, 5) is 14.7. The number of carbonyl (C=O) groups excluding carboxylic acids is 1. The molecular formula is C18H25ClN2O. The van der Waals surface area contributed by atoms with Crippen LogP contribution in [-0.2, 0) is 24.1 Å². The zero-order valence-electron chi connectivity index (χ0n) is 13.0. The highest BCUT2D eigenvalue weighted by Crippen LogP contribution is 2.24. The van der Waals surface area contributed by atoms with Gasteiger partial charge in [0.05, 0.1) is 6.42 Å². The monoisotopic (exact) mass is 320 g/mol.